The molecule has 2 saturated carbocycles. The van der Waals surface area contributed by atoms with E-state index in [1.54, 1.807) is 54.0 Å². The number of carbonyl (C=O) groups excluding carboxylic acids is 4. The lowest BCUT2D eigenvalue weighted by Crippen LogP contribution is -2.60. The number of allylic oxidation sites excluding steroid dienone is 1. The third-order valence-electron chi connectivity index (χ3n) is 10.6. The third kappa shape index (κ3) is 8.28. The van der Waals surface area contributed by atoms with E-state index in [0.29, 0.717) is 36.8 Å². The molecule has 0 spiro atoms. The van der Waals surface area contributed by atoms with Crippen molar-refractivity contribution in [3.63, 3.8) is 0 Å². The Labute approximate surface area is 320 Å². The zero-order chi connectivity index (χ0) is 39.2. The van der Waals surface area contributed by atoms with E-state index in [4.69, 9.17) is 18.9 Å². The highest BCUT2D eigenvalue weighted by Crippen LogP contribution is 2.47. The molecule has 3 fully saturated rings. The maximum absolute atomic E-state index is 14.7. The van der Waals surface area contributed by atoms with Crippen LogP contribution in [0.3, 0.4) is 0 Å². The van der Waals surface area contributed by atoms with Gasteiger partial charge in [-0.2, -0.15) is 0 Å². The highest BCUT2D eigenvalue weighted by Gasteiger charge is 2.63. The van der Waals surface area contributed by atoms with Crippen molar-refractivity contribution in [3.05, 3.63) is 42.6 Å². The number of benzene rings is 1. The number of hydrogen-bond donors (Lipinski definition) is 3. The summed E-state index contributed by atoms with van der Waals surface area (Å²) in [6.45, 7) is 10.1. The zero-order valence-corrected chi connectivity index (χ0v) is 32.7. The Bertz CT molecular complexity index is 1960. The van der Waals surface area contributed by atoms with Gasteiger partial charge in [0.15, 0.2) is 0 Å². The van der Waals surface area contributed by atoms with Gasteiger partial charge in [0.2, 0.25) is 27.7 Å². The van der Waals surface area contributed by atoms with Gasteiger partial charge in [0, 0.05) is 28.2 Å². The highest BCUT2D eigenvalue weighted by molar-refractivity contribution is 7.91. The van der Waals surface area contributed by atoms with Crippen LogP contribution in [0.5, 0.6) is 11.6 Å². The largest absolute Gasteiger partial charge is 0.497 e. The Balaban J connectivity index is 0.00000290. The van der Waals surface area contributed by atoms with Gasteiger partial charge in [-0.05, 0) is 103 Å². The Hall–Kier alpha value is -4.44. The van der Waals surface area contributed by atoms with Crippen LogP contribution in [0.1, 0.15) is 84.3 Å². The molecule has 1 saturated heterocycles. The molecule has 3 N–H and O–H groups in total. The number of hydrogen-bond acceptors (Lipinski definition) is 11. The molecule has 15 nitrogen and oxygen atoms in total. The number of sulfonamides is 1. The quantitative estimate of drug-likeness (QED) is 0.341. The van der Waals surface area contributed by atoms with Crippen LogP contribution in [0.25, 0.3) is 10.8 Å². The number of methoxy groups -OCH3 is 1. The van der Waals surface area contributed by atoms with E-state index < -0.39 is 79.9 Å². The molecular formula is C38H57N5O10S. The third-order valence-corrected chi connectivity index (χ3v) is 12.8. The molecule has 0 bridgehead atoms. The lowest BCUT2D eigenvalue weighted by Gasteiger charge is -2.33. The van der Waals surface area contributed by atoms with E-state index in [2.05, 4.69) is 20.3 Å². The van der Waals surface area contributed by atoms with Crippen LogP contribution in [0.2, 0.25) is 0 Å². The number of ether oxygens (including phenoxy) is 4. The minimum atomic E-state index is -4.01. The molecule has 2 aromatic rings. The minimum absolute atomic E-state index is 0. The molecule has 4 aliphatic rings. The molecule has 7 atom stereocenters. The van der Waals surface area contributed by atoms with Crippen molar-refractivity contribution >= 4 is 44.6 Å². The second kappa shape index (κ2) is 14.7. The minimum Gasteiger partial charge on any atom is -0.497 e. The summed E-state index contributed by atoms with van der Waals surface area (Å²) in [6.07, 6.45) is 4.65. The first-order chi connectivity index (χ1) is 25.3. The zero-order valence-electron chi connectivity index (χ0n) is 31.8. The average Bonchev–Trinajstić information content (AvgIpc) is 3.97. The van der Waals surface area contributed by atoms with Crippen molar-refractivity contribution in [3.8, 4) is 11.6 Å². The number of carbonyl (C=O) groups is 4. The van der Waals surface area contributed by atoms with Gasteiger partial charge in [0.25, 0.3) is 5.91 Å². The normalized spacial score (nSPS) is 30.4. The first kappa shape index (κ1) is 39.3. The molecule has 2 aliphatic heterocycles. The fourth-order valence-corrected chi connectivity index (χ4v) is 8.36. The number of fused-ring (bicyclic) bond motifs is 3. The number of amides is 4. The predicted octanol–water partition coefficient (Wildman–Crippen LogP) is 4.24. The molecule has 0 unspecified atom stereocenters. The average molecular weight is 776 g/mol. The van der Waals surface area contributed by atoms with Crippen LogP contribution in [0.15, 0.2) is 42.6 Å². The van der Waals surface area contributed by atoms with Crippen LogP contribution in [-0.4, -0.2) is 102 Å². The van der Waals surface area contributed by atoms with Crippen LogP contribution in [0, 0.1) is 5.92 Å². The van der Waals surface area contributed by atoms with E-state index in [1.807, 2.05) is 37.3 Å². The topological polar surface area (TPSA) is 192 Å². The van der Waals surface area contributed by atoms with Crippen molar-refractivity contribution in [2.24, 2.45) is 5.92 Å². The van der Waals surface area contributed by atoms with Crippen molar-refractivity contribution in [2.75, 3.05) is 13.7 Å². The summed E-state index contributed by atoms with van der Waals surface area (Å²) < 4.78 is 51.0. The number of nitrogens with zero attached hydrogens (tertiary/aromatic N) is 2. The van der Waals surface area contributed by atoms with Crippen LogP contribution < -0.4 is 24.8 Å². The van der Waals surface area contributed by atoms with Gasteiger partial charge in [-0.1, -0.05) is 12.2 Å². The van der Waals surface area contributed by atoms with Gasteiger partial charge < -0.3 is 34.5 Å². The molecule has 16 heteroatoms. The van der Waals surface area contributed by atoms with Crippen molar-refractivity contribution in [1.29, 1.82) is 0 Å². The van der Waals surface area contributed by atoms with Crippen LogP contribution in [-0.2, 0) is 33.9 Å². The van der Waals surface area contributed by atoms with Gasteiger partial charge in [-0.3, -0.25) is 19.1 Å². The molecule has 1 aromatic carbocycles. The summed E-state index contributed by atoms with van der Waals surface area (Å²) in [5, 5.41) is 7.04. The van der Waals surface area contributed by atoms with E-state index in [9.17, 15) is 27.6 Å². The number of rotatable bonds is 7. The van der Waals surface area contributed by atoms with E-state index >= 15 is 0 Å². The molecule has 300 valence electrons. The summed E-state index contributed by atoms with van der Waals surface area (Å²) in [5.74, 6) is -1.67. The van der Waals surface area contributed by atoms with E-state index in [1.165, 1.54) is 4.90 Å². The molecule has 2 aliphatic carbocycles. The van der Waals surface area contributed by atoms with Crippen LogP contribution in [0.4, 0.5) is 4.79 Å². The summed E-state index contributed by atoms with van der Waals surface area (Å²) in [7, 11) is -2.44. The van der Waals surface area contributed by atoms with Gasteiger partial charge >= 0.3 is 6.09 Å². The molecule has 6 rings (SSSR count). The summed E-state index contributed by atoms with van der Waals surface area (Å²) in [6, 6.07) is 4.78. The predicted molar refractivity (Wildman–Crippen MR) is 204 cm³/mol. The Kier molecular flexibility index (Phi) is 10.7. The van der Waals surface area contributed by atoms with Crippen molar-refractivity contribution in [1.82, 2.24) is 25.2 Å². The van der Waals surface area contributed by atoms with Gasteiger partial charge in [0.1, 0.15) is 35.1 Å². The molecule has 54 heavy (non-hydrogen) atoms. The van der Waals surface area contributed by atoms with E-state index in [0.717, 1.165) is 5.39 Å². The maximum Gasteiger partial charge on any atom is 0.408 e. The number of nitrogens with one attached hydrogen (secondary N) is 3. The fraction of sp³-hybridized carbons (Fsp3) is 0.605. The van der Waals surface area contributed by atoms with Gasteiger partial charge in [0.05, 0.1) is 30.6 Å². The van der Waals surface area contributed by atoms with Crippen molar-refractivity contribution < 1.29 is 50.8 Å². The summed E-state index contributed by atoms with van der Waals surface area (Å²) >= 11 is 0. The standard InChI is InChI=1S/C38H51N5O10S.3H2/c1-22-10-8-9-11-25-20-38(25,34(46)42-54(48,49)37(6)15-16-37)41-31(44)29-19-27(52-32-28-13-12-26(50-7)18-24(28)14-17-39-32)21-43(29)33(45)30(23(2)51-22)40-35(47)53-36(3,4)5;;;/h9,11-14,17-18,22-23,25,27,29-30H,8,10,15-16,19-21H2,1-7H3,(H,40,47)(H,41,44)(H,42,46);3*1H/b11-9-;;;/t22-,23+,25-,27-,29+,30+,38-;;;/m1.../s1. The molecule has 0 radical (unpaired) electrons. The SMILES string of the molecule is COc1ccc2c(O[C@@H]3C[C@H]4C(=O)N[C@]5(C(=O)NS(=O)(=O)C6(C)CC6)C[C@H]5/C=C\CC[C@@H](C)O[C@@H](C)[C@H](NC(=O)OC(C)(C)C)C(=O)N4C3)nccc2c1.[HH].[HH].[HH]. The van der Waals surface area contributed by atoms with E-state index in [-0.39, 0.29) is 35.7 Å². The lowest BCUT2D eigenvalue weighted by atomic mass is 10.1. The number of pyridine rings is 1. The maximum atomic E-state index is 14.7. The summed E-state index contributed by atoms with van der Waals surface area (Å²) in [5.41, 5.74) is -2.42. The Morgan fingerprint density at radius 1 is 1.15 bits per heavy atom. The van der Waals surface area contributed by atoms with Crippen molar-refractivity contribution in [2.45, 2.75) is 126 Å². The molecule has 3 heterocycles. The second-order valence-corrected chi connectivity index (χ2v) is 18.3. The Morgan fingerprint density at radius 3 is 2.57 bits per heavy atom. The van der Waals surface area contributed by atoms with Gasteiger partial charge in [-0.25, -0.2) is 18.2 Å². The van der Waals surface area contributed by atoms with Gasteiger partial charge in [-0.15, -0.1) is 0 Å². The monoisotopic (exact) mass is 775 g/mol. The molecule has 4 amide bonds. The molecular weight excluding hydrogens is 719 g/mol. The Morgan fingerprint density at radius 2 is 1.89 bits per heavy atom. The van der Waals surface area contributed by atoms with Crippen LogP contribution >= 0.6 is 0 Å². The first-order valence-corrected chi connectivity index (χ1v) is 19.9. The smallest absolute Gasteiger partial charge is 0.408 e. The highest BCUT2D eigenvalue weighted by atomic mass is 32.2. The number of aromatic nitrogens is 1. The number of alkyl carbamates (subject to hydrolysis) is 1. The summed E-state index contributed by atoms with van der Waals surface area (Å²) in [4.78, 5) is 61.9. The fourth-order valence-electron chi connectivity index (χ4n) is 7.05. The second-order valence-electron chi connectivity index (χ2n) is 16.1. The molecule has 1 aromatic heterocycles. The lowest BCUT2D eigenvalue weighted by molar-refractivity contribution is -0.144. The first-order valence-electron chi connectivity index (χ1n) is 18.4.